The van der Waals surface area contributed by atoms with E-state index in [4.69, 9.17) is 0 Å². The van der Waals surface area contributed by atoms with Gasteiger partial charge in [0.2, 0.25) is 17.7 Å². The molecular weight excluding hydrogens is 234 g/mol. The number of nitrogens with one attached hydrogen (secondary N) is 2. The van der Waals surface area contributed by atoms with Crippen molar-refractivity contribution in [3.05, 3.63) is 0 Å². The first kappa shape index (κ1) is 14.5. The maximum absolute atomic E-state index is 12.0. The van der Waals surface area contributed by atoms with E-state index in [1.54, 1.807) is 7.05 Å². The summed E-state index contributed by atoms with van der Waals surface area (Å²) in [5, 5.41) is 5.39. The highest BCUT2D eigenvalue weighted by Crippen LogP contribution is 2.13. The van der Waals surface area contributed by atoms with Crippen LogP contribution >= 0.6 is 0 Å². The molecule has 6 heteroatoms. The Morgan fingerprint density at radius 3 is 2.78 bits per heavy atom. The number of piperidine rings is 1. The molecule has 18 heavy (non-hydrogen) atoms. The minimum atomic E-state index is -0.202. The van der Waals surface area contributed by atoms with Gasteiger partial charge in [-0.3, -0.25) is 14.4 Å². The maximum Gasteiger partial charge on any atom is 0.239 e. The highest BCUT2D eigenvalue weighted by molar-refractivity contribution is 5.87. The van der Waals surface area contributed by atoms with Gasteiger partial charge in [-0.1, -0.05) is 6.92 Å². The van der Waals surface area contributed by atoms with E-state index in [-0.39, 0.29) is 30.2 Å². The van der Waals surface area contributed by atoms with E-state index in [0.29, 0.717) is 25.9 Å². The van der Waals surface area contributed by atoms with E-state index < -0.39 is 0 Å². The Bertz CT molecular complexity index is 321. The summed E-state index contributed by atoms with van der Waals surface area (Å²) in [5.74, 6) is -0.441. The SMILES string of the molecule is CCCNC(=O)CN(C)C(=O)C1CCC(=O)NC1. The van der Waals surface area contributed by atoms with Crippen LogP contribution in [0.5, 0.6) is 0 Å². The number of likely N-dealkylation sites (N-methyl/N-ethyl adjacent to an activating group) is 1. The Hall–Kier alpha value is -1.59. The lowest BCUT2D eigenvalue weighted by Crippen LogP contribution is -2.46. The summed E-state index contributed by atoms with van der Waals surface area (Å²) in [6.45, 7) is 3.04. The van der Waals surface area contributed by atoms with Crippen LogP contribution in [0.1, 0.15) is 26.2 Å². The first-order valence-electron chi connectivity index (χ1n) is 6.33. The average Bonchev–Trinajstić information content (AvgIpc) is 2.36. The van der Waals surface area contributed by atoms with E-state index in [1.165, 1.54) is 4.90 Å². The third-order valence-corrected chi connectivity index (χ3v) is 2.94. The second-order valence-corrected chi connectivity index (χ2v) is 4.58. The molecule has 1 aliphatic rings. The van der Waals surface area contributed by atoms with Crippen molar-refractivity contribution in [1.82, 2.24) is 15.5 Å². The minimum absolute atomic E-state index is 0.0117. The predicted molar refractivity (Wildman–Crippen MR) is 66.7 cm³/mol. The summed E-state index contributed by atoms with van der Waals surface area (Å²) in [5.41, 5.74) is 0. The molecule has 102 valence electrons. The molecule has 1 unspecified atom stereocenters. The lowest BCUT2D eigenvalue weighted by molar-refractivity contribution is -0.139. The fourth-order valence-electron chi connectivity index (χ4n) is 1.87. The van der Waals surface area contributed by atoms with Crippen LogP contribution in [0.4, 0.5) is 0 Å². The summed E-state index contributed by atoms with van der Waals surface area (Å²) >= 11 is 0. The number of nitrogens with zero attached hydrogens (tertiary/aromatic N) is 1. The van der Waals surface area contributed by atoms with Gasteiger partial charge in [-0.15, -0.1) is 0 Å². The molecule has 0 aromatic carbocycles. The van der Waals surface area contributed by atoms with Crippen molar-refractivity contribution >= 4 is 17.7 Å². The molecule has 1 rings (SSSR count). The van der Waals surface area contributed by atoms with Gasteiger partial charge in [0.25, 0.3) is 0 Å². The fraction of sp³-hybridized carbons (Fsp3) is 0.750. The van der Waals surface area contributed by atoms with Crippen LogP contribution in [0.2, 0.25) is 0 Å². The molecule has 6 nitrogen and oxygen atoms in total. The smallest absolute Gasteiger partial charge is 0.239 e. The zero-order chi connectivity index (χ0) is 13.5. The lowest BCUT2D eigenvalue weighted by Gasteiger charge is -2.26. The molecule has 0 saturated carbocycles. The Morgan fingerprint density at radius 1 is 1.50 bits per heavy atom. The molecule has 0 aromatic heterocycles. The third-order valence-electron chi connectivity index (χ3n) is 2.94. The van der Waals surface area contributed by atoms with Gasteiger partial charge in [0.1, 0.15) is 0 Å². The second-order valence-electron chi connectivity index (χ2n) is 4.58. The summed E-state index contributed by atoms with van der Waals surface area (Å²) in [4.78, 5) is 35.9. The summed E-state index contributed by atoms with van der Waals surface area (Å²) in [7, 11) is 1.62. The van der Waals surface area contributed by atoms with Crippen molar-refractivity contribution in [1.29, 1.82) is 0 Å². The van der Waals surface area contributed by atoms with Gasteiger partial charge in [0.15, 0.2) is 0 Å². The number of carbonyl (C=O) groups is 3. The highest BCUT2D eigenvalue weighted by Gasteiger charge is 2.27. The van der Waals surface area contributed by atoms with E-state index in [0.717, 1.165) is 6.42 Å². The van der Waals surface area contributed by atoms with Crippen molar-refractivity contribution in [2.45, 2.75) is 26.2 Å². The Morgan fingerprint density at radius 2 is 2.22 bits per heavy atom. The summed E-state index contributed by atoms with van der Waals surface area (Å²) in [6.07, 6.45) is 1.82. The fourth-order valence-corrected chi connectivity index (χ4v) is 1.87. The van der Waals surface area contributed by atoms with Crippen molar-refractivity contribution in [3.8, 4) is 0 Å². The second kappa shape index (κ2) is 6.98. The van der Waals surface area contributed by atoms with Crippen molar-refractivity contribution in [2.24, 2.45) is 5.92 Å². The van der Waals surface area contributed by atoms with Crippen LogP contribution in [-0.4, -0.2) is 49.3 Å². The Kier molecular flexibility index (Phi) is 5.61. The topological polar surface area (TPSA) is 78.5 Å². The molecule has 0 bridgehead atoms. The van der Waals surface area contributed by atoms with Gasteiger partial charge in [-0.25, -0.2) is 0 Å². The van der Waals surface area contributed by atoms with Crippen LogP contribution in [-0.2, 0) is 14.4 Å². The standard InChI is InChI=1S/C12H21N3O3/c1-3-6-13-11(17)8-15(2)12(18)9-4-5-10(16)14-7-9/h9H,3-8H2,1-2H3,(H,13,17)(H,14,16). The zero-order valence-electron chi connectivity index (χ0n) is 11.0. The molecule has 2 N–H and O–H groups in total. The third kappa shape index (κ3) is 4.35. The monoisotopic (exact) mass is 255 g/mol. The van der Waals surface area contributed by atoms with Crippen LogP contribution in [0, 0.1) is 5.92 Å². The van der Waals surface area contributed by atoms with Crippen molar-refractivity contribution < 1.29 is 14.4 Å². The normalized spacial score (nSPS) is 19.0. The molecule has 1 aliphatic heterocycles. The van der Waals surface area contributed by atoms with E-state index in [9.17, 15) is 14.4 Å². The molecule has 1 atom stereocenters. The Balaban J connectivity index is 2.36. The van der Waals surface area contributed by atoms with Crippen LogP contribution < -0.4 is 10.6 Å². The summed E-state index contributed by atoms with van der Waals surface area (Å²) in [6, 6.07) is 0. The molecule has 1 fully saturated rings. The van der Waals surface area contributed by atoms with Crippen molar-refractivity contribution in [2.75, 3.05) is 26.7 Å². The lowest BCUT2D eigenvalue weighted by atomic mass is 9.98. The van der Waals surface area contributed by atoms with Gasteiger partial charge >= 0.3 is 0 Å². The predicted octanol–water partition coefficient (Wildman–Crippen LogP) is -0.503. The molecule has 0 spiro atoms. The Labute approximate surface area is 107 Å². The average molecular weight is 255 g/mol. The first-order valence-corrected chi connectivity index (χ1v) is 6.33. The molecule has 0 aliphatic carbocycles. The van der Waals surface area contributed by atoms with Crippen LogP contribution in [0.25, 0.3) is 0 Å². The van der Waals surface area contributed by atoms with Gasteiger partial charge in [0.05, 0.1) is 12.5 Å². The molecule has 1 saturated heterocycles. The number of rotatable bonds is 5. The number of hydrogen-bond donors (Lipinski definition) is 2. The number of hydrogen-bond acceptors (Lipinski definition) is 3. The van der Waals surface area contributed by atoms with E-state index in [1.807, 2.05) is 6.92 Å². The van der Waals surface area contributed by atoms with Gasteiger partial charge in [0, 0.05) is 26.6 Å². The quantitative estimate of drug-likeness (QED) is 0.695. The number of carbonyl (C=O) groups excluding carboxylic acids is 3. The molecule has 1 heterocycles. The van der Waals surface area contributed by atoms with Crippen LogP contribution in [0.3, 0.4) is 0 Å². The maximum atomic E-state index is 12.0. The molecule has 3 amide bonds. The van der Waals surface area contributed by atoms with Gasteiger partial charge in [-0.2, -0.15) is 0 Å². The van der Waals surface area contributed by atoms with E-state index >= 15 is 0 Å². The zero-order valence-corrected chi connectivity index (χ0v) is 11.0. The van der Waals surface area contributed by atoms with Crippen LogP contribution in [0.15, 0.2) is 0 Å². The molecule has 0 aromatic rings. The van der Waals surface area contributed by atoms with E-state index in [2.05, 4.69) is 10.6 Å². The molecular formula is C12H21N3O3. The number of amides is 3. The highest BCUT2D eigenvalue weighted by atomic mass is 16.2. The minimum Gasteiger partial charge on any atom is -0.355 e. The first-order chi connectivity index (χ1) is 8.54. The largest absolute Gasteiger partial charge is 0.355 e. The molecule has 0 radical (unpaired) electrons. The van der Waals surface area contributed by atoms with Gasteiger partial charge in [-0.05, 0) is 12.8 Å². The van der Waals surface area contributed by atoms with Gasteiger partial charge < -0.3 is 15.5 Å². The van der Waals surface area contributed by atoms with Crippen molar-refractivity contribution in [3.63, 3.8) is 0 Å². The summed E-state index contributed by atoms with van der Waals surface area (Å²) < 4.78 is 0.